The smallest absolute Gasteiger partial charge is 0.274 e. The van der Waals surface area contributed by atoms with Crippen molar-refractivity contribution in [3.63, 3.8) is 0 Å². The van der Waals surface area contributed by atoms with E-state index in [1.54, 1.807) is 68.4 Å². The maximum Gasteiger partial charge on any atom is 0.274 e. The van der Waals surface area contributed by atoms with Crippen molar-refractivity contribution in [2.75, 3.05) is 0 Å². The number of aliphatic hydroxyl groups is 2. The van der Waals surface area contributed by atoms with Crippen LogP contribution in [0.25, 0.3) is 45.7 Å². The molecule has 0 fully saturated rings. The lowest BCUT2D eigenvalue weighted by atomic mass is 10.0. The highest BCUT2D eigenvalue weighted by molar-refractivity contribution is 5.83. The number of H-pyrrole nitrogens is 2. The van der Waals surface area contributed by atoms with Crippen molar-refractivity contribution in [2.45, 2.75) is 13.8 Å². The molecule has 4 N–H and O–H groups in total. The lowest BCUT2D eigenvalue weighted by molar-refractivity contribution is 0.510. The molecule has 0 aliphatic carbocycles. The van der Waals surface area contributed by atoms with Gasteiger partial charge in [-0.1, -0.05) is 24.3 Å². The number of pyridine rings is 1. The zero-order chi connectivity index (χ0) is 25.4. The molecule has 0 radical (unpaired) electrons. The number of nitrogens with one attached hydrogen (secondary N) is 2. The van der Waals surface area contributed by atoms with Crippen LogP contribution in [-0.4, -0.2) is 35.1 Å². The number of fused-ring (bicyclic) bond motifs is 2. The molecule has 0 amide bonds. The van der Waals surface area contributed by atoms with Crippen LogP contribution in [0.4, 0.5) is 0 Å². The largest absolute Gasteiger partial charge is 0.507 e. The second-order valence-corrected chi connectivity index (χ2v) is 8.25. The summed E-state index contributed by atoms with van der Waals surface area (Å²) in [6.45, 7) is 3.40. The first-order valence-electron chi connectivity index (χ1n) is 11.1. The Kier molecular flexibility index (Phi) is 5.65. The molecule has 3 heterocycles. The second kappa shape index (κ2) is 8.95. The third kappa shape index (κ3) is 4.25. The quantitative estimate of drug-likeness (QED) is 0.282. The summed E-state index contributed by atoms with van der Waals surface area (Å²) in [5.41, 5.74) is 3.02. The van der Waals surface area contributed by atoms with Crippen LogP contribution in [0.1, 0.15) is 33.9 Å². The number of aliphatic hydroxyl groups excluding tert-OH is 2. The monoisotopic (exact) mass is 479 g/mol. The van der Waals surface area contributed by atoms with Gasteiger partial charge in [0.05, 0.1) is 22.1 Å². The lowest BCUT2D eigenvalue weighted by Crippen LogP contribution is -2.12. The molecule has 5 rings (SSSR count). The highest BCUT2D eigenvalue weighted by Crippen LogP contribution is 2.25. The summed E-state index contributed by atoms with van der Waals surface area (Å²) in [5, 5.41) is 21.7. The first-order chi connectivity index (χ1) is 17.3. The Morgan fingerprint density at radius 3 is 1.56 bits per heavy atom. The van der Waals surface area contributed by atoms with Crippen LogP contribution in [-0.2, 0) is 0 Å². The fraction of sp³-hybridized carbons (Fsp3) is 0.0741. The van der Waals surface area contributed by atoms with Gasteiger partial charge in [0.25, 0.3) is 11.1 Å². The van der Waals surface area contributed by atoms with Crippen LogP contribution in [0.3, 0.4) is 0 Å². The molecule has 0 spiro atoms. The summed E-state index contributed by atoms with van der Waals surface area (Å²) in [7, 11) is 0. The van der Waals surface area contributed by atoms with E-state index in [-0.39, 0.29) is 22.9 Å². The van der Waals surface area contributed by atoms with Crippen molar-refractivity contribution in [3.8, 4) is 0 Å². The van der Waals surface area contributed by atoms with Crippen molar-refractivity contribution in [3.05, 3.63) is 109 Å². The summed E-state index contributed by atoms with van der Waals surface area (Å²) in [6, 6.07) is 15.7. The summed E-state index contributed by atoms with van der Waals surface area (Å²) in [4.78, 5) is 43.5. The summed E-state index contributed by atoms with van der Waals surface area (Å²) in [5.74, 6) is -0.493. The van der Waals surface area contributed by atoms with Crippen LogP contribution in [0.5, 0.6) is 0 Å². The summed E-state index contributed by atoms with van der Waals surface area (Å²) in [6.07, 6.45) is 2.51. The van der Waals surface area contributed by atoms with E-state index in [0.29, 0.717) is 44.6 Å². The lowest BCUT2D eigenvalue weighted by Gasteiger charge is -2.11. The van der Waals surface area contributed by atoms with E-state index < -0.39 is 11.1 Å². The van der Waals surface area contributed by atoms with Gasteiger partial charge in [-0.2, -0.15) is 0 Å². The highest BCUT2D eigenvalue weighted by Gasteiger charge is 2.15. The number of aromatic amines is 2. The molecule has 0 unspecified atom stereocenters. The average molecular weight is 479 g/mol. The van der Waals surface area contributed by atoms with Gasteiger partial charge in [0.1, 0.15) is 22.9 Å². The molecule has 0 atom stereocenters. The van der Waals surface area contributed by atoms with Gasteiger partial charge in [0.2, 0.25) is 0 Å². The number of hydrogen-bond acceptors (Lipinski definition) is 7. The van der Waals surface area contributed by atoms with E-state index in [1.165, 1.54) is 12.2 Å². The topological polar surface area (TPSA) is 145 Å². The van der Waals surface area contributed by atoms with E-state index in [0.717, 1.165) is 0 Å². The molecule has 0 saturated carbocycles. The van der Waals surface area contributed by atoms with Gasteiger partial charge in [-0.25, -0.2) is 9.97 Å². The number of nitrogens with zero attached hydrogens (tertiary/aromatic N) is 3. The predicted molar refractivity (Wildman–Crippen MR) is 139 cm³/mol. The normalized spacial score (nSPS) is 12.4. The van der Waals surface area contributed by atoms with Crippen molar-refractivity contribution in [1.29, 1.82) is 0 Å². The van der Waals surface area contributed by atoms with Gasteiger partial charge in [0.15, 0.2) is 0 Å². The fourth-order valence-electron chi connectivity index (χ4n) is 3.94. The van der Waals surface area contributed by atoms with E-state index in [1.807, 2.05) is 0 Å². The molecule has 0 saturated heterocycles. The van der Waals surface area contributed by atoms with E-state index >= 15 is 0 Å². The molecular weight excluding hydrogens is 458 g/mol. The van der Waals surface area contributed by atoms with Gasteiger partial charge < -0.3 is 20.2 Å². The minimum absolute atomic E-state index is 0.0272. The van der Waals surface area contributed by atoms with E-state index in [9.17, 15) is 19.8 Å². The number of hydrogen-bond donors (Lipinski definition) is 4. The van der Waals surface area contributed by atoms with Gasteiger partial charge in [0, 0.05) is 34.7 Å². The van der Waals surface area contributed by atoms with E-state index in [4.69, 9.17) is 0 Å². The molecule has 9 nitrogen and oxygen atoms in total. The molecule has 178 valence electrons. The molecule has 9 heteroatoms. The number of para-hydroxylation sites is 4. The minimum atomic E-state index is -0.456. The number of aromatic nitrogens is 5. The fourth-order valence-corrected chi connectivity index (χ4v) is 3.94. The Hall–Kier alpha value is -5.05. The first-order valence-corrected chi connectivity index (χ1v) is 11.1. The van der Waals surface area contributed by atoms with Gasteiger partial charge >= 0.3 is 0 Å². The van der Waals surface area contributed by atoms with Crippen molar-refractivity contribution in [1.82, 2.24) is 24.9 Å². The molecule has 0 bridgehead atoms. The molecule has 36 heavy (non-hydrogen) atoms. The first kappa shape index (κ1) is 22.7. The Morgan fingerprint density at radius 2 is 1.11 bits per heavy atom. The van der Waals surface area contributed by atoms with Crippen LogP contribution in [0.2, 0.25) is 0 Å². The highest BCUT2D eigenvalue weighted by atomic mass is 16.3. The van der Waals surface area contributed by atoms with Gasteiger partial charge in [-0.3, -0.25) is 14.6 Å². The zero-order valence-corrected chi connectivity index (χ0v) is 19.4. The minimum Gasteiger partial charge on any atom is -0.507 e. The SMILES string of the molecule is Cc1nc(C)c(/C(O)=C/c2nc3ccccc3[nH]c2=O)cc1/C(O)=C/c1nc2ccccc2[nH]c1=O. The molecule has 3 aromatic heterocycles. The third-order valence-electron chi connectivity index (χ3n) is 5.75. The van der Waals surface area contributed by atoms with Crippen LogP contribution < -0.4 is 11.1 Å². The standard InChI is InChI=1S/C27H21N5O4/c1-14-16(24(33)12-22-26(35)31-20-9-5-3-7-18(20)29-22)11-17(15(2)28-14)25(34)13-23-27(36)32-21-10-6-4-8-19(21)30-23/h3-13,33-34H,1-2H3,(H,31,35)(H,32,36)/b24-12-,25-13-. The van der Waals surface area contributed by atoms with Gasteiger partial charge in [-0.05, 0) is 44.2 Å². The Labute approximate surface area is 204 Å². The molecule has 0 aliphatic rings. The van der Waals surface area contributed by atoms with Gasteiger partial charge in [-0.15, -0.1) is 0 Å². The molecular formula is C27H21N5O4. The van der Waals surface area contributed by atoms with Crippen molar-refractivity contribution in [2.24, 2.45) is 0 Å². The van der Waals surface area contributed by atoms with Crippen molar-refractivity contribution >= 4 is 45.7 Å². The average Bonchev–Trinajstić information content (AvgIpc) is 2.84. The number of rotatable bonds is 4. The van der Waals surface area contributed by atoms with Crippen LogP contribution in [0, 0.1) is 13.8 Å². The zero-order valence-electron chi connectivity index (χ0n) is 19.4. The number of benzene rings is 2. The third-order valence-corrected chi connectivity index (χ3v) is 5.75. The Bertz CT molecular complexity index is 1700. The van der Waals surface area contributed by atoms with Crippen molar-refractivity contribution < 1.29 is 10.2 Å². The van der Waals surface area contributed by atoms with Crippen LogP contribution in [0.15, 0.2) is 64.2 Å². The summed E-state index contributed by atoms with van der Waals surface area (Å²) < 4.78 is 0. The van der Waals surface area contributed by atoms with E-state index in [2.05, 4.69) is 24.9 Å². The maximum absolute atomic E-state index is 12.5. The van der Waals surface area contributed by atoms with Crippen LogP contribution >= 0.6 is 0 Å². The number of aryl methyl sites for hydroxylation is 2. The Morgan fingerprint density at radius 1 is 0.694 bits per heavy atom. The molecule has 2 aromatic carbocycles. The maximum atomic E-state index is 12.5. The molecule has 0 aliphatic heterocycles. The predicted octanol–water partition coefficient (Wildman–Crippen LogP) is 4.28. The Balaban J connectivity index is 1.57. The second-order valence-electron chi connectivity index (χ2n) is 8.25. The summed E-state index contributed by atoms with van der Waals surface area (Å²) >= 11 is 0. The molecule has 5 aromatic rings.